The number of imidazole rings is 1. The zero-order valence-corrected chi connectivity index (χ0v) is 26.6. The number of rotatable bonds is 17. The predicted molar refractivity (Wildman–Crippen MR) is 159 cm³/mol. The summed E-state index contributed by atoms with van der Waals surface area (Å²) in [5, 5.41) is 0.178. The lowest BCUT2D eigenvalue weighted by molar-refractivity contribution is -0.110. The second kappa shape index (κ2) is 16.3. The van der Waals surface area contributed by atoms with Crippen LogP contribution in [-0.2, 0) is 29.7 Å². The first kappa shape index (κ1) is 33.1. The van der Waals surface area contributed by atoms with Gasteiger partial charge in [0.15, 0.2) is 16.3 Å². The molecule has 2 aromatic heterocycles. The highest BCUT2D eigenvalue weighted by Gasteiger charge is 2.41. The summed E-state index contributed by atoms with van der Waals surface area (Å²) < 4.78 is 29.5. The minimum absolute atomic E-state index is 0.126. The lowest BCUT2D eigenvalue weighted by atomic mass is 10.1. The Labute approximate surface area is 243 Å². The van der Waals surface area contributed by atoms with E-state index in [4.69, 9.17) is 18.5 Å². The number of aryl methyl sites for hydroxylation is 1. The Morgan fingerprint density at radius 1 is 1.23 bits per heavy atom. The van der Waals surface area contributed by atoms with Crippen LogP contribution in [0, 0.1) is 0 Å². The third-order valence-corrected chi connectivity index (χ3v) is 9.70. The van der Waals surface area contributed by atoms with Gasteiger partial charge in [-0.05, 0) is 34.1 Å². The van der Waals surface area contributed by atoms with E-state index in [1.54, 1.807) is 6.33 Å². The van der Waals surface area contributed by atoms with Crippen molar-refractivity contribution in [2.75, 3.05) is 25.6 Å². The maximum Gasteiger partial charge on any atom is 0.279 e. The van der Waals surface area contributed by atoms with Gasteiger partial charge in [-0.1, -0.05) is 39.0 Å². The van der Waals surface area contributed by atoms with Gasteiger partial charge < -0.3 is 23.5 Å². The van der Waals surface area contributed by atoms with Gasteiger partial charge >= 0.3 is 0 Å². The van der Waals surface area contributed by atoms with Crippen molar-refractivity contribution in [1.82, 2.24) is 24.2 Å². The number of nitrogens with one attached hydrogen (secondary N) is 1. The number of nitrogens with zero attached hydrogens (tertiary/aromatic N) is 4. The summed E-state index contributed by atoms with van der Waals surface area (Å²) in [6.07, 6.45) is 4.50. The maximum atomic E-state index is 12.5. The fraction of sp³-hybridized carbons (Fsp3) is 0.778. The van der Waals surface area contributed by atoms with Crippen LogP contribution in [0.15, 0.2) is 11.1 Å². The first-order valence-electron chi connectivity index (χ1n) is 14.4. The van der Waals surface area contributed by atoms with Crippen LogP contribution in [0.3, 0.4) is 0 Å². The highest BCUT2D eigenvalue weighted by atomic mass is 32.2. The van der Waals surface area contributed by atoms with Gasteiger partial charge in [-0.2, -0.15) is 0 Å². The van der Waals surface area contributed by atoms with E-state index in [-0.39, 0.29) is 41.2 Å². The van der Waals surface area contributed by atoms with E-state index in [0.29, 0.717) is 61.8 Å². The van der Waals surface area contributed by atoms with Crippen molar-refractivity contribution in [3.05, 3.63) is 22.5 Å². The van der Waals surface area contributed by atoms with Crippen LogP contribution in [-0.4, -0.2) is 79.2 Å². The molecule has 226 valence electrons. The third kappa shape index (κ3) is 8.80. The summed E-state index contributed by atoms with van der Waals surface area (Å²) in [6, 6.07) is 0.430. The summed E-state index contributed by atoms with van der Waals surface area (Å²) in [4.78, 5) is 35.7. The number of hydrogen-bond acceptors (Lipinski definition) is 10. The average molecular weight is 600 g/mol. The lowest BCUT2D eigenvalue weighted by Crippen LogP contribution is -2.36. The second-order valence-corrected chi connectivity index (χ2v) is 12.9. The molecule has 0 spiro atoms. The quantitative estimate of drug-likeness (QED) is 0.192. The molecule has 3 heterocycles. The molecule has 2 aromatic rings. The summed E-state index contributed by atoms with van der Waals surface area (Å²) in [6.45, 7) is 15.8. The Balaban J connectivity index is 1.72. The molecule has 1 fully saturated rings. The van der Waals surface area contributed by atoms with E-state index in [0.717, 1.165) is 12.8 Å². The molecule has 0 aliphatic carbocycles. The first-order valence-corrected chi connectivity index (χ1v) is 16.5. The second-order valence-electron chi connectivity index (χ2n) is 10.3. The van der Waals surface area contributed by atoms with Gasteiger partial charge in [-0.15, -0.1) is 0 Å². The Hall–Kier alpha value is -1.40. The Morgan fingerprint density at radius 3 is 2.62 bits per heavy atom. The number of carbonyl (C=O) groups is 1. The molecule has 13 heteroatoms. The van der Waals surface area contributed by atoms with Gasteiger partial charge in [0.05, 0.1) is 38.4 Å². The molecule has 4 unspecified atom stereocenters. The van der Waals surface area contributed by atoms with Gasteiger partial charge in [0.25, 0.3) is 14.1 Å². The number of H-pyrrole nitrogens is 1. The minimum atomic E-state index is -1.39. The molecule has 0 saturated carbocycles. The van der Waals surface area contributed by atoms with Crippen LogP contribution in [0.25, 0.3) is 11.2 Å². The summed E-state index contributed by atoms with van der Waals surface area (Å²) in [5.41, 5.74) is 0.601. The monoisotopic (exact) mass is 599 g/mol. The SMILES string of the molecule is CCCC1OC(n2cnc3c(=O)[nH]c(CC)nc32)CC1OP(OCCOCCSC(=O)CC)N(C(C)C)C(C)C. The molecule has 0 radical (unpaired) electrons. The molecule has 4 atom stereocenters. The van der Waals surface area contributed by atoms with Gasteiger partial charge in [-0.3, -0.25) is 14.2 Å². The zero-order chi connectivity index (χ0) is 29.2. The fourth-order valence-corrected chi connectivity index (χ4v) is 7.08. The molecule has 1 saturated heterocycles. The average Bonchev–Trinajstić information content (AvgIpc) is 3.51. The molecule has 0 bridgehead atoms. The highest BCUT2D eigenvalue weighted by molar-refractivity contribution is 8.13. The molecule has 40 heavy (non-hydrogen) atoms. The number of thioether (sulfide) groups is 1. The largest absolute Gasteiger partial charge is 0.378 e. The normalized spacial score (nSPS) is 20.4. The number of aromatic amines is 1. The smallest absolute Gasteiger partial charge is 0.279 e. The molecule has 1 aliphatic rings. The number of ether oxygens (including phenoxy) is 2. The summed E-state index contributed by atoms with van der Waals surface area (Å²) in [5.74, 6) is 1.26. The zero-order valence-electron chi connectivity index (χ0n) is 24.9. The van der Waals surface area contributed by atoms with Crippen LogP contribution in [0.4, 0.5) is 0 Å². The van der Waals surface area contributed by atoms with Crippen molar-refractivity contribution >= 4 is 36.6 Å². The molecular weight excluding hydrogens is 553 g/mol. The van der Waals surface area contributed by atoms with Crippen molar-refractivity contribution < 1.29 is 23.3 Å². The van der Waals surface area contributed by atoms with Gasteiger partial charge in [0.1, 0.15) is 12.1 Å². The number of carbonyl (C=O) groups excluding carboxylic acids is 1. The van der Waals surface area contributed by atoms with Crippen LogP contribution < -0.4 is 5.56 Å². The van der Waals surface area contributed by atoms with Crippen LogP contribution in [0.5, 0.6) is 0 Å². The molecule has 1 aliphatic heterocycles. The topological polar surface area (TPSA) is 121 Å². The first-order chi connectivity index (χ1) is 19.2. The van der Waals surface area contributed by atoms with E-state index in [1.807, 2.05) is 18.4 Å². The number of hydrogen-bond donors (Lipinski definition) is 1. The standard InChI is InChI=1S/C27H46N5O6PS/c1-8-11-20-21(16-23(37-20)31-17-28-25-26(31)29-22(9-2)30-27(25)34)38-39(32(18(4)5)19(6)7)36-13-12-35-14-15-40-24(33)10-3/h17-21,23H,8-16H2,1-7H3,(H,29,30,34). The van der Waals surface area contributed by atoms with Gasteiger partial charge in [-0.25, -0.2) is 14.6 Å². The van der Waals surface area contributed by atoms with Crippen LogP contribution in [0.1, 0.15) is 86.2 Å². The van der Waals surface area contributed by atoms with E-state index in [2.05, 4.69) is 54.2 Å². The van der Waals surface area contributed by atoms with Crippen molar-refractivity contribution in [1.29, 1.82) is 0 Å². The molecule has 0 amide bonds. The van der Waals surface area contributed by atoms with Crippen LogP contribution >= 0.6 is 20.3 Å². The maximum absolute atomic E-state index is 12.5. The predicted octanol–water partition coefficient (Wildman–Crippen LogP) is 5.20. The minimum Gasteiger partial charge on any atom is -0.378 e. The fourth-order valence-electron chi connectivity index (χ4n) is 4.71. The molecular formula is C27H46N5O6PS. The van der Waals surface area contributed by atoms with Crippen molar-refractivity contribution in [2.45, 2.75) is 111 Å². The molecule has 11 nitrogen and oxygen atoms in total. The summed E-state index contributed by atoms with van der Waals surface area (Å²) in [7, 11) is -1.39. The van der Waals surface area contributed by atoms with Crippen molar-refractivity contribution in [3.8, 4) is 0 Å². The van der Waals surface area contributed by atoms with Crippen molar-refractivity contribution in [2.24, 2.45) is 0 Å². The molecule has 1 N–H and O–H groups in total. The summed E-state index contributed by atoms with van der Waals surface area (Å²) >= 11 is 1.30. The molecule has 0 aromatic carbocycles. The number of aromatic nitrogens is 4. The lowest BCUT2D eigenvalue weighted by Gasteiger charge is -2.37. The third-order valence-electron chi connectivity index (χ3n) is 6.56. The van der Waals surface area contributed by atoms with E-state index < -0.39 is 8.53 Å². The molecule has 3 rings (SSSR count). The van der Waals surface area contributed by atoms with E-state index >= 15 is 0 Å². The highest BCUT2D eigenvalue weighted by Crippen LogP contribution is 2.50. The van der Waals surface area contributed by atoms with E-state index in [9.17, 15) is 9.59 Å². The Kier molecular flexibility index (Phi) is 13.5. The van der Waals surface area contributed by atoms with Gasteiger partial charge in [0, 0.05) is 37.1 Å². The van der Waals surface area contributed by atoms with Gasteiger partial charge in [0.2, 0.25) is 0 Å². The van der Waals surface area contributed by atoms with Crippen LogP contribution in [0.2, 0.25) is 0 Å². The van der Waals surface area contributed by atoms with Crippen molar-refractivity contribution in [3.63, 3.8) is 0 Å². The number of fused-ring (bicyclic) bond motifs is 1. The Bertz CT molecular complexity index is 1120. The van der Waals surface area contributed by atoms with E-state index in [1.165, 1.54) is 11.8 Å². The Morgan fingerprint density at radius 2 is 1.98 bits per heavy atom.